The van der Waals surface area contributed by atoms with E-state index in [1.807, 2.05) is 23.6 Å². The first-order valence-corrected chi connectivity index (χ1v) is 7.35. The Balaban J connectivity index is 1.65. The van der Waals surface area contributed by atoms with Crippen LogP contribution < -0.4 is 5.73 Å². The van der Waals surface area contributed by atoms with E-state index in [0.717, 1.165) is 29.8 Å². The van der Waals surface area contributed by atoms with E-state index in [9.17, 15) is 0 Å². The number of thiophene rings is 1. The highest BCUT2D eigenvalue weighted by atomic mass is 32.1. The molecule has 0 aliphatic heterocycles. The van der Waals surface area contributed by atoms with E-state index in [4.69, 9.17) is 10.3 Å². The quantitative estimate of drug-likeness (QED) is 0.772. The minimum absolute atomic E-state index is 0.408. The van der Waals surface area contributed by atoms with Crippen molar-refractivity contribution in [3.63, 3.8) is 0 Å². The van der Waals surface area contributed by atoms with Crippen molar-refractivity contribution in [3.8, 4) is 22.2 Å². The van der Waals surface area contributed by atoms with Crippen LogP contribution in [-0.2, 0) is 5.54 Å². The van der Waals surface area contributed by atoms with Gasteiger partial charge in [-0.2, -0.15) is 10.1 Å². The van der Waals surface area contributed by atoms with Crippen molar-refractivity contribution < 1.29 is 4.52 Å². The Bertz CT molecular complexity index is 726. The second-order valence-corrected chi connectivity index (χ2v) is 6.02. The fraction of sp³-hybridized carbons (Fsp3) is 0.308. The topological polar surface area (TPSA) is 93.6 Å². The minimum atomic E-state index is -0.408. The largest absolute Gasteiger partial charge is 0.332 e. The molecule has 4 rings (SSSR count). The lowest BCUT2D eigenvalue weighted by atomic mass is 9.77. The summed E-state index contributed by atoms with van der Waals surface area (Å²) in [6.45, 7) is 0. The number of rotatable bonds is 3. The Kier molecular flexibility index (Phi) is 2.51. The maximum absolute atomic E-state index is 6.19. The third kappa shape index (κ3) is 1.78. The summed E-state index contributed by atoms with van der Waals surface area (Å²) >= 11 is 1.65. The maximum Gasteiger partial charge on any atom is 0.278 e. The van der Waals surface area contributed by atoms with Crippen molar-refractivity contribution in [2.75, 3.05) is 0 Å². The SMILES string of the molecule is NC1(c2noc(-c3cc(-c4cccs4)[nH]n3)n2)CCC1. The Labute approximate surface area is 119 Å². The van der Waals surface area contributed by atoms with Crippen LogP contribution in [0.4, 0.5) is 0 Å². The first-order valence-electron chi connectivity index (χ1n) is 6.47. The molecule has 1 fully saturated rings. The van der Waals surface area contributed by atoms with E-state index in [-0.39, 0.29) is 0 Å². The van der Waals surface area contributed by atoms with Gasteiger partial charge in [0, 0.05) is 0 Å². The van der Waals surface area contributed by atoms with Crippen molar-refractivity contribution >= 4 is 11.3 Å². The summed E-state index contributed by atoms with van der Waals surface area (Å²) in [5, 5.41) is 13.2. The van der Waals surface area contributed by atoms with Gasteiger partial charge >= 0.3 is 0 Å². The van der Waals surface area contributed by atoms with E-state index in [0.29, 0.717) is 17.4 Å². The predicted molar refractivity (Wildman–Crippen MR) is 74.9 cm³/mol. The molecule has 6 nitrogen and oxygen atoms in total. The Morgan fingerprint density at radius 1 is 1.40 bits per heavy atom. The van der Waals surface area contributed by atoms with Crippen molar-refractivity contribution in [2.24, 2.45) is 5.73 Å². The summed E-state index contributed by atoms with van der Waals surface area (Å²) < 4.78 is 5.28. The average Bonchev–Trinajstić information content (AvgIpc) is 3.13. The minimum Gasteiger partial charge on any atom is -0.332 e. The van der Waals surface area contributed by atoms with E-state index < -0.39 is 5.54 Å². The summed E-state index contributed by atoms with van der Waals surface area (Å²) in [7, 11) is 0. The number of hydrogen-bond donors (Lipinski definition) is 2. The van der Waals surface area contributed by atoms with Gasteiger partial charge in [-0.15, -0.1) is 11.3 Å². The van der Waals surface area contributed by atoms with E-state index in [1.54, 1.807) is 11.3 Å². The van der Waals surface area contributed by atoms with Gasteiger partial charge in [-0.25, -0.2) is 0 Å². The van der Waals surface area contributed by atoms with Gasteiger partial charge in [0.2, 0.25) is 0 Å². The van der Waals surface area contributed by atoms with Gasteiger partial charge in [0.05, 0.1) is 16.1 Å². The highest BCUT2D eigenvalue weighted by Crippen LogP contribution is 2.37. The smallest absolute Gasteiger partial charge is 0.278 e. The summed E-state index contributed by atoms with van der Waals surface area (Å²) in [6, 6.07) is 5.94. The Morgan fingerprint density at radius 3 is 3.00 bits per heavy atom. The van der Waals surface area contributed by atoms with Crippen LogP contribution in [0.1, 0.15) is 25.1 Å². The third-order valence-electron chi connectivity index (χ3n) is 3.70. The molecule has 0 amide bonds. The first kappa shape index (κ1) is 11.8. The highest BCUT2D eigenvalue weighted by molar-refractivity contribution is 7.13. The number of hydrogen-bond acceptors (Lipinski definition) is 6. The number of nitrogens with one attached hydrogen (secondary N) is 1. The van der Waals surface area contributed by atoms with Crippen molar-refractivity contribution in [1.29, 1.82) is 0 Å². The zero-order valence-electron chi connectivity index (χ0n) is 10.7. The van der Waals surface area contributed by atoms with Crippen LogP contribution in [0.3, 0.4) is 0 Å². The van der Waals surface area contributed by atoms with E-state index in [2.05, 4.69) is 20.3 Å². The van der Waals surface area contributed by atoms with Crippen molar-refractivity contribution in [1.82, 2.24) is 20.3 Å². The Hall–Kier alpha value is -1.99. The molecule has 7 heteroatoms. The second kappa shape index (κ2) is 4.26. The molecule has 0 unspecified atom stereocenters. The van der Waals surface area contributed by atoms with E-state index >= 15 is 0 Å². The lowest BCUT2D eigenvalue weighted by Crippen LogP contribution is -2.44. The molecule has 1 aliphatic rings. The van der Waals surface area contributed by atoms with Gasteiger partial charge < -0.3 is 10.3 Å². The number of H-pyrrole nitrogens is 1. The summed E-state index contributed by atoms with van der Waals surface area (Å²) in [5.41, 5.74) is 7.37. The zero-order chi connectivity index (χ0) is 13.6. The molecule has 102 valence electrons. The number of aromatic amines is 1. The van der Waals surface area contributed by atoms with Crippen LogP contribution >= 0.6 is 11.3 Å². The Morgan fingerprint density at radius 2 is 2.30 bits per heavy atom. The van der Waals surface area contributed by atoms with E-state index in [1.165, 1.54) is 0 Å². The van der Waals surface area contributed by atoms with Crippen LogP contribution in [-0.4, -0.2) is 20.3 Å². The molecule has 0 radical (unpaired) electrons. The standard InChI is InChI=1S/C13H13N5OS/c14-13(4-2-5-13)12-15-11(19-18-12)9-7-8(16-17-9)10-3-1-6-20-10/h1,3,6-7H,2,4-5,14H2,(H,16,17). The zero-order valence-corrected chi connectivity index (χ0v) is 11.5. The van der Waals surface area contributed by atoms with Gasteiger partial charge in [-0.1, -0.05) is 11.2 Å². The molecule has 0 atom stereocenters. The van der Waals surface area contributed by atoms with Crippen LogP contribution in [0.2, 0.25) is 0 Å². The number of nitrogens with two attached hydrogens (primary N) is 1. The molecule has 0 aromatic carbocycles. The molecule has 1 saturated carbocycles. The van der Waals surface area contributed by atoms with Gasteiger partial charge in [-0.05, 0) is 36.8 Å². The molecular weight excluding hydrogens is 274 g/mol. The van der Waals surface area contributed by atoms with Gasteiger partial charge in [0.15, 0.2) is 11.5 Å². The maximum atomic E-state index is 6.19. The van der Waals surface area contributed by atoms with Crippen molar-refractivity contribution in [3.05, 3.63) is 29.4 Å². The number of nitrogens with zero attached hydrogens (tertiary/aromatic N) is 3. The first-order chi connectivity index (χ1) is 9.74. The summed E-state index contributed by atoms with van der Waals surface area (Å²) in [4.78, 5) is 5.51. The molecule has 3 N–H and O–H groups in total. The predicted octanol–water partition coefficient (Wildman–Crippen LogP) is 2.53. The molecule has 0 bridgehead atoms. The molecular formula is C13H13N5OS. The van der Waals surface area contributed by atoms with Gasteiger partial charge in [0.25, 0.3) is 5.89 Å². The normalized spacial score (nSPS) is 17.1. The molecule has 1 aliphatic carbocycles. The second-order valence-electron chi connectivity index (χ2n) is 5.08. The molecule has 20 heavy (non-hydrogen) atoms. The van der Waals surface area contributed by atoms with Gasteiger partial charge in [0.1, 0.15) is 0 Å². The summed E-state index contributed by atoms with van der Waals surface area (Å²) in [6.07, 6.45) is 2.94. The van der Waals surface area contributed by atoms with Crippen LogP contribution in [0.25, 0.3) is 22.2 Å². The molecule has 0 saturated heterocycles. The fourth-order valence-corrected chi connectivity index (χ4v) is 2.99. The molecule has 3 aromatic heterocycles. The number of aromatic nitrogens is 4. The molecule has 3 aromatic rings. The van der Waals surface area contributed by atoms with Gasteiger partial charge in [-0.3, -0.25) is 5.10 Å². The van der Waals surface area contributed by atoms with Crippen LogP contribution in [0.15, 0.2) is 28.1 Å². The average molecular weight is 287 g/mol. The monoisotopic (exact) mass is 287 g/mol. The summed E-state index contributed by atoms with van der Waals surface area (Å²) in [5.74, 6) is 0.996. The van der Waals surface area contributed by atoms with Crippen LogP contribution in [0.5, 0.6) is 0 Å². The lowest BCUT2D eigenvalue weighted by molar-refractivity contribution is 0.229. The van der Waals surface area contributed by atoms with Crippen LogP contribution in [0, 0.1) is 0 Å². The molecule has 0 spiro atoms. The highest BCUT2D eigenvalue weighted by Gasteiger charge is 2.39. The third-order valence-corrected chi connectivity index (χ3v) is 4.60. The lowest BCUT2D eigenvalue weighted by Gasteiger charge is -2.34. The molecule has 3 heterocycles. The van der Waals surface area contributed by atoms with Crippen molar-refractivity contribution in [2.45, 2.75) is 24.8 Å². The fourth-order valence-electron chi connectivity index (χ4n) is 2.30.